The molecule has 0 heterocycles. The largest absolute Gasteiger partial charge is 0.494 e. The average molecular weight is 240 g/mol. The van der Waals surface area contributed by atoms with Gasteiger partial charge in [-0.3, -0.25) is 0 Å². The van der Waals surface area contributed by atoms with Crippen molar-refractivity contribution in [3.05, 3.63) is 24.0 Å². The van der Waals surface area contributed by atoms with Crippen LogP contribution in [0.25, 0.3) is 0 Å². The lowest BCUT2D eigenvalue weighted by Crippen LogP contribution is -2.34. The van der Waals surface area contributed by atoms with Crippen molar-refractivity contribution in [3.8, 4) is 5.75 Å². The van der Waals surface area contributed by atoms with Gasteiger partial charge in [-0.15, -0.1) is 0 Å². The van der Waals surface area contributed by atoms with Crippen molar-refractivity contribution < 1.29 is 9.13 Å². The zero-order chi connectivity index (χ0) is 12.8. The van der Waals surface area contributed by atoms with Crippen LogP contribution >= 0.6 is 0 Å². The molecule has 0 bridgehead atoms. The molecule has 1 aromatic carbocycles. The van der Waals surface area contributed by atoms with Gasteiger partial charge in [-0.25, -0.2) is 4.39 Å². The third-order valence-corrected chi connectivity index (χ3v) is 3.09. The summed E-state index contributed by atoms with van der Waals surface area (Å²) in [6, 6.07) is 4.93. The molecule has 0 aromatic heterocycles. The zero-order valence-electron chi connectivity index (χ0n) is 10.7. The van der Waals surface area contributed by atoms with Gasteiger partial charge < -0.3 is 15.8 Å². The van der Waals surface area contributed by atoms with E-state index in [1.807, 2.05) is 0 Å². The average Bonchev–Trinajstić information content (AvgIpc) is 2.36. The maximum Gasteiger partial charge on any atom is 0.165 e. The van der Waals surface area contributed by atoms with Gasteiger partial charge in [0.05, 0.1) is 7.11 Å². The summed E-state index contributed by atoms with van der Waals surface area (Å²) in [4.78, 5) is 0. The molecule has 0 radical (unpaired) electrons. The van der Waals surface area contributed by atoms with Gasteiger partial charge in [0, 0.05) is 24.3 Å². The van der Waals surface area contributed by atoms with E-state index in [1.165, 1.54) is 13.2 Å². The minimum absolute atomic E-state index is 0.190. The molecule has 3 N–H and O–H groups in total. The van der Waals surface area contributed by atoms with Gasteiger partial charge in [-0.1, -0.05) is 20.3 Å². The van der Waals surface area contributed by atoms with E-state index < -0.39 is 0 Å². The summed E-state index contributed by atoms with van der Waals surface area (Å²) in [5, 5.41) is 3.31. The molecule has 3 nitrogen and oxygen atoms in total. The SMILES string of the molecule is CCC(C)C(CN)Nc1ccc(F)c(OC)c1. The number of benzene rings is 1. The number of nitrogens with one attached hydrogen (secondary N) is 1. The minimum atomic E-state index is -0.356. The van der Waals surface area contributed by atoms with Crippen LogP contribution in [0.1, 0.15) is 20.3 Å². The number of ether oxygens (including phenoxy) is 1. The van der Waals surface area contributed by atoms with Gasteiger partial charge in [0.2, 0.25) is 0 Å². The second-order valence-electron chi connectivity index (χ2n) is 4.22. The fourth-order valence-corrected chi connectivity index (χ4v) is 1.68. The molecule has 0 aliphatic rings. The number of hydrogen-bond donors (Lipinski definition) is 2. The number of nitrogens with two attached hydrogens (primary N) is 1. The summed E-state index contributed by atoms with van der Waals surface area (Å²) in [6.45, 7) is 4.82. The molecule has 2 unspecified atom stereocenters. The standard InChI is InChI=1S/C13H21FN2O/c1-4-9(2)12(8-15)16-10-5-6-11(14)13(7-10)17-3/h5-7,9,12,16H,4,8,15H2,1-3H3. The third kappa shape index (κ3) is 3.60. The van der Waals surface area contributed by atoms with Crippen LogP contribution < -0.4 is 15.8 Å². The fraction of sp³-hybridized carbons (Fsp3) is 0.538. The Hall–Kier alpha value is -1.29. The van der Waals surface area contributed by atoms with E-state index in [9.17, 15) is 4.39 Å². The topological polar surface area (TPSA) is 47.3 Å². The van der Waals surface area contributed by atoms with Crippen LogP contribution in [-0.4, -0.2) is 19.7 Å². The zero-order valence-corrected chi connectivity index (χ0v) is 10.7. The maximum absolute atomic E-state index is 13.2. The summed E-state index contributed by atoms with van der Waals surface area (Å²) in [7, 11) is 1.46. The quantitative estimate of drug-likeness (QED) is 0.803. The number of anilines is 1. The summed E-state index contributed by atoms with van der Waals surface area (Å²) >= 11 is 0. The third-order valence-electron chi connectivity index (χ3n) is 3.09. The Morgan fingerprint density at radius 1 is 1.47 bits per heavy atom. The molecule has 0 aliphatic heterocycles. The molecule has 0 saturated carbocycles. The molecular formula is C13H21FN2O. The predicted octanol–water partition coefficient (Wildman–Crippen LogP) is 2.62. The van der Waals surface area contributed by atoms with Crippen molar-refractivity contribution in [1.82, 2.24) is 0 Å². The van der Waals surface area contributed by atoms with Crippen LogP contribution in [0, 0.1) is 11.7 Å². The van der Waals surface area contributed by atoms with E-state index in [1.54, 1.807) is 12.1 Å². The highest BCUT2D eigenvalue weighted by atomic mass is 19.1. The highest BCUT2D eigenvalue weighted by Crippen LogP contribution is 2.23. The van der Waals surface area contributed by atoms with E-state index in [2.05, 4.69) is 19.2 Å². The summed E-state index contributed by atoms with van der Waals surface area (Å²) < 4.78 is 18.2. The molecule has 1 rings (SSSR count). The molecule has 17 heavy (non-hydrogen) atoms. The minimum Gasteiger partial charge on any atom is -0.494 e. The Morgan fingerprint density at radius 3 is 2.71 bits per heavy atom. The van der Waals surface area contributed by atoms with Crippen molar-refractivity contribution in [3.63, 3.8) is 0 Å². The number of hydrogen-bond acceptors (Lipinski definition) is 3. The van der Waals surface area contributed by atoms with Gasteiger partial charge >= 0.3 is 0 Å². The molecule has 0 fully saturated rings. The predicted molar refractivity (Wildman–Crippen MR) is 68.9 cm³/mol. The first-order valence-corrected chi connectivity index (χ1v) is 5.92. The van der Waals surface area contributed by atoms with Crippen LogP contribution in [0.2, 0.25) is 0 Å². The van der Waals surface area contributed by atoms with Crippen molar-refractivity contribution in [2.75, 3.05) is 19.0 Å². The van der Waals surface area contributed by atoms with Gasteiger partial charge in [0.25, 0.3) is 0 Å². The smallest absolute Gasteiger partial charge is 0.165 e. The van der Waals surface area contributed by atoms with E-state index >= 15 is 0 Å². The van der Waals surface area contributed by atoms with Crippen LogP contribution in [0.5, 0.6) is 5.75 Å². The molecule has 0 spiro atoms. The van der Waals surface area contributed by atoms with Gasteiger partial charge in [0.1, 0.15) is 0 Å². The second kappa shape index (κ2) is 6.45. The number of rotatable bonds is 6. The summed E-state index contributed by atoms with van der Waals surface area (Å²) in [5.74, 6) is 0.358. The molecule has 0 saturated heterocycles. The molecule has 2 atom stereocenters. The first-order valence-electron chi connectivity index (χ1n) is 5.92. The highest BCUT2D eigenvalue weighted by Gasteiger charge is 2.14. The van der Waals surface area contributed by atoms with Gasteiger partial charge in [-0.2, -0.15) is 0 Å². The number of methoxy groups -OCH3 is 1. The van der Waals surface area contributed by atoms with E-state index in [4.69, 9.17) is 10.5 Å². The second-order valence-corrected chi connectivity index (χ2v) is 4.22. The van der Waals surface area contributed by atoms with E-state index in [0.717, 1.165) is 12.1 Å². The lowest BCUT2D eigenvalue weighted by molar-refractivity contribution is 0.386. The van der Waals surface area contributed by atoms with Crippen LogP contribution in [-0.2, 0) is 0 Å². The van der Waals surface area contributed by atoms with Crippen molar-refractivity contribution >= 4 is 5.69 Å². The lowest BCUT2D eigenvalue weighted by Gasteiger charge is -2.24. The Labute approximate surface area is 102 Å². The van der Waals surface area contributed by atoms with Crippen LogP contribution in [0.4, 0.5) is 10.1 Å². The van der Waals surface area contributed by atoms with Crippen molar-refractivity contribution in [2.24, 2.45) is 11.7 Å². The number of halogens is 1. The van der Waals surface area contributed by atoms with Crippen LogP contribution in [0.3, 0.4) is 0 Å². The molecule has 0 aliphatic carbocycles. The van der Waals surface area contributed by atoms with E-state index in [0.29, 0.717) is 12.5 Å². The van der Waals surface area contributed by atoms with Gasteiger partial charge in [0.15, 0.2) is 11.6 Å². The lowest BCUT2D eigenvalue weighted by atomic mass is 9.99. The Bertz CT molecular complexity index is 357. The molecule has 4 heteroatoms. The fourth-order valence-electron chi connectivity index (χ4n) is 1.68. The van der Waals surface area contributed by atoms with Crippen LogP contribution in [0.15, 0.2) is 18.2 Å². The highest BCUT2D eigenvalue weighted by molar-refractivity contribution is 5.49. The monoisotopic (exact) mass is 240 g/mol. The first kappa shape index (κ1) is 13.8. The first-order chi connectivity index (χ1) is 8.12. The molecular weight excluding hydrogens is 219 g/mol. The molecule has 96 valence electrons. The Morgan fingerprint density at radius 2 is 2.18 bits per heavy atom. The molecule has 0 amide bonds. The molecule has 1 aromatic rings. The summed E-state index contributed by atoms with van der Waals surface area (Å²) in [6.07, 6.45) is 1.05. The normalized spacial score (nSPS) is 14.2. The maximum atomic E-state index is 13.2. The van der Waals surface area contributed by atoms with Crippen molar-refractivity contribution in [1.29, 1.82) is 0 Å². The van der Waals surface area contributed by atoms with Gasteiger partial charge in [-0.05, 0) is 18.1 Å². The Balaban J connectivity index is 2.79. The Kier molecular flexibility index (Phi) is 5.22. The van der Waals surface area contributed by atoms with Crippen molar-refractivity contribution in [2.45, 2.75) is 26.3 Å². The summed E-state index contributed by atoms with van der Waals surface area (Å²) in [5.41, 5.74) is 6.56. The van der Waals surface area contributed by atoms with E-state index in [-0.39, 0.29) is 17.6 Å².